The van der Waals surface area contributed by atoms with Crippen molar-refractivity contribution < 1.29 is 13.6 Å². The van der Waals surface area contributed by atoms with Crippen molar-refractivity contribution in [2.75, 3.05) is 5.88 Å². The lowest BCUT2D eigenvalue weighted by molar-refractivity contribution is -0.121. The number of carbonyl (C=O) groups is 1. The Balaban J connectivity index is 2.18. The summed E-state index contributed by atoms with van der Waals surface area (Å²) in [5, 5.41) is 2.76. The molecule has 1 aromatic carbocycles. The zero-order valence-electron chi connectivity index (χ0n) is 9.10. The quantitative estimate of drug-likeness (QED) is 0.828. The van der Waals surface area contributed by atoms with E-state index in [1.54, 1.807) is 0 Å². The molecular weight excluding hydrogens is 248 g/mol. The summed E-state index contributed by atoms with van der Waals surface area (Å²) in [4.78, 5) is 11.5. The standard InChI is InChI=1S/C12H12ClF2NO/c13-6-3-11(17)16-12(4-5-12)9-2-1-8(14)7-10(9)15/h1-2,7H,3-6H2,(H,16,17). The minimum absolute atomic E-state index is 0.201. The van der Waals surface area contributed by atoms with E-state index in [1.165, 1.54) is 12.1 Å². The number of halogens is 3. The summed E-state index contributed by atoms with van der Waals surface area (Å²) >= 11 is 5.46. The summed E-state index contributed by atoms with van der Waals surface area (Å²) in [6.45, 7) is 0. The highest BCUT2D eigenvalue weighted by atomic mass is 35.5. The van der Waals surface area contributed by atoms with Crippen LogP contribution in [0.3, 0.4) is 0 Å². The first-order chi connectivity index (χ1) is 8.07. The zero-order chi connectivity index (χ0) is 12.5. The van der Waals surface area contributed by atoms with Crippen molar-refractivity contribution in [3.05, 3.63) is 35.4 Å². The normalized spacial score (nSPS) is 16.6. The monoisotopic (exact) mass is 259 g/mol. The number of nitrogens with one attached hydrogen (secondary N) is 1. The molecule has 0 heterocycles. The summed E-state index contributed by atoms with van der Waals surface area (Å²) in [5.74, 6) is -1.21. The van der Waals surface area contributed by atoms with Crippen LogP contribution in [0.4, 0.5) is 8.78 Å². The van der Waals surface area contributed by atoms with Gasteiger partial charge in [-0.1, -0.05) is 6.07 Å². The molecule has 1 aliphatic carbocycles. The van der Waals surface area contributed by atoms with Gasteiger partial charge < -0.3 is 5.32 Å². The first-order valence-corrected chi connectivity index (χ1v) is 5.93. The van der Waals surface area contributed by atoms with Crippen LogP contribution in [-0.4, -0.2) is 11.8 Å². The number of benzene rings is 1. The summed E-state index contributed by atoms with van der Waals surface area (Å²) in [6.07, 6.45) is 1.54. The van der Waals surface area contributed by atoms with E-state index in [4.69, 9.17) is 11.6 Å². The molecule has 17 heavy (non-hydrogen) atoms. The van der Waals surface area contributed by atoms with Crippen LogP contribution in [0.1, 0.15) is 24.8 Å². The predicted octanol–water partition coefficient (Wildman–Crippen LogP) is 2.70. The summed E-state index contributed by atoms with van der Waals surface area (Å²) in [6, 6.07) is 3.42. The topological polar surface area (TPSA) is 29.1 Å². The molecule has 1 saturated carbocycles. The van der Waals surface area contributed by atoms with E-state index >= 15 is 0 Å². The molecule has 1 aromatic rings. The summed E-state index contributed by atoms with van der Waals surface area (Å²) in [7, 11) is 0. The van der Waals surface area contributed by atoms with Gasteiger partial charge in [-0.15, -0.1) is 11.6 Å². The van der Waals surface area contributed by atoms with Crippen LogP contribution in [0, 0.1) is 11.6 Å². The average Bonchev–Trinajstić information content (AvgIpc) is 2.98. The maximum atomic E-state index is 13.6. The maximum Gasteiger partial charge on any atom is 0.221 e. The van der Waals surface area contributed by atoms with Crippen LogP contribution in [0.15, 0.2) is 18.2 Å². The fraction of sp³-hybridized carbons (Fsp3) is 0.417. The van der Waals surface area contributed by atoms with Crippen LogP contribution >= 0.6 is 11.6 Å². The van der Waals surface area contributed by atoms with Crippen LogP contribution in [0.25, 0.3) is 0 Å². The van der Waals surface area contributed by atoms with Crippen molar-refractivity contribution in [1.82, 2.24) is 5.32 Å². The molecule has 0 atom stereocenters. The molecule has 5 heteroatoms. The van der Waals surface area contributed by atoms with Crippen LogP contribution in [0.5, 0.6) is 0 Å². The van der Waals surface area contributed by atoms with E-state index in [0.29, 0.717) is 18.4 Å². The molecule has 0 saturated heterocycles. The second-order valence-corrected chi connectivity index (χ2v) is 4.57. The molecule has 0 aliphatic heterocycles. The van der Waals surface area contributed by atoms with Crippen molar-refractivity contribution in [1.29, 1.82) is 0 Å². The van der Waals surface area contributed by atoms with E-state index in [0.717, 1.165) is 6.07 Å². The highest BCUT2D eigenvalue weighted by Gasteiger charge is 2.47. The third kappa shape index (κ3) is 2.57. The van der Waals surface area contributed by atoms with Crippen molar-refractivity contribution in [3.63, 3.8) is 0 Å². The van der Waals surface area contributed by atoms with Crippen molar-refractivity contribution in [3.8, 4) is 0 Å². The fourth-order valence-corrected chi connectivity index (χ4v) is 2.05. The molecule has 0 aromatic heterocycles. The van der Waals surface area contributed by atoms with Crippen molar-refractivity contribution in [2.24, 2.45) is 0 Å². The number of alkyl halides is 1. The number of rotatable bonds is 4. The molecule has 0 spiro atoms. The van der Waals surface area contributed by atoms with Gasteiger partial charge in [0.05, 0.1) is 5.54 Å². The molecule has 0 bridgehead atoms. The Bertz CT molecular complexity index is 446. The van der Waals surface area contributed by atoms with E-state index in [2.05, 4.69) is 5.32 Å². The van der Waals surface area contributed by atoms with Gasteiger partial charge in [-0.3, -0.25) is 4.79 Å². The molecule has 1 fully saturated rings. The van der Waals surface area contributed by atoms with E-state index in [9.17, 15) is 13.6 Å². The summed E-state index contributed by atoms with van der Waals surface area (Å²) in [5.41, 5.74) is -0.303. The number of carbonyl (C=O) groups excluding carboxylic acids is 1. The molecule has 1 N–H and O–H groups in total. The highest BCUT2D eigenvalue weighted by Crippen LogP contribution is 2.46. The van der Waals surface area contributed by atoms with Crippen LogP contribution in [0.2, 0.25) is 0 Å². The first-order valence-electron chi connectivity index (χ1n) is 5.40. The van der Waals surface area contributed by atoms with E-state index in [-0.39, 0.29) is 18.2 Å². The third-order valence-electron chi connectivity index (χ3n) is 2.90. The molecule has 2 nitrogen and oxygen atoms in total. The molecular formula is C12H12ClF2NO. The minimum Gasteiger partial charge on any atom is -0.346 e. The third-order valence-corrected chi connectivity index (χ3v) is 3.09. The lowest BCUT2D eigenvalue weighted by Gasteiger charge is -2.18. The Morgan fingerprint density at radius 1 is 1.41 bits per heavy atom. The molecule has 0 radical (unpaired) electrons. The van der Waals surface area contributed by atoms with Gasteiger partial charge in [0.2, 0.25) is 5.91 Å². The largest absolute Gasteiger partial charge is 0.346 e. The lowest BCUT2D eigenvalue weighted by Crippen LogP contribution is -2.35. The minimum atomic E-state index is -0.652. The van der Waals surface area contributed by atoms with Gasteiger partial charge in [0, 0.05) is 23.9 Å². The average molecular weight is 260 g/mol. The lowest BCUT2D eigenvalue weighted by atomic mass is 10.0. The number of amides is 1. The Hall–Kier alpha value is -1.16. The van der Waals surface area contributed by atoms with Crippen molar-refractivity contribution in [2.45, 2.75) is 24.8 Å². The van der Waals surface area contributed by atoms with Gasteiger partial charge in [-0.05, 0) is 18.9 Å². The molecule has 0 unspecified atom stereocenters. The molecule has 1 amide bonds. The molecule has 2 rings (SSSR count). The number of hydrogen-bond donors (Lipinski definition) is 1. The van der Waals surface area contributed by atoms with Gasteiger partial charge in [0.1, 0.15) is 11.6 Å². The molecule has 1 aliphatic rings. The highest BCUT2D eigenvalue weighted by molar-refractivity contribution is 6.18. The fourth-order valence-electron chi connectivity index (χ4n) is 1.88. The second kappa shape index (κ2) is 4.61. The Morgan fingerprint density at radius 2 is 2.12 bits per heavy atom. The SMILES string of the molecule is O=C(CCCl)NC1(c2ccc(F)cc2F)CC1. The van der Waals surface area contributed by atoms with E-state index < -0.39 is 17.2 Å². The Morgan fingerprint density at radius 3 is 2.65 bits per heavy atom. The first kappa shape index (κ1) is 12.3. The van der Waals surface area contributed by atoms with E-state index in [1.807, 2.05) is 0 Å². The Kier molecular flexibility index (Phi) is 3.33. The zero-order valence-corrected chi connectivity index (χ0v) is 9.86. The smallest absolute Gasteiger partial charge is 0.221 e. The van der Waals surface area contributed by atoms with Gasteiger partial charge in [-0.2, -0.15) is 0 Å². The predicted molar refractivity (Wildman–Crippen MR) is 60.7 cm³/mol. The summed E-state index contributed by atoms with van der Waals surface area (Å²) < 4.78 is 26.4. The van der Waals surface area contributed by atoms with Crippen LogP contribution < -0.4 is 5.32 Å². The van der Waals surface area contributed by atoms with Gasteiger partial charge in [0.25, 0.3) is 0 Å². The van der Waals surface area contributed by atoms with Crippen molar-refractivity contribution >= 4 is 17.5 Å². The van der Waals surface area contributed by atoms with Gasteiger partial charge in [0.15, 0.2) is 0 Å². The number of hydrogen-bond acceptors (Lipinski definition) is 1. The van der Waals surface area contributed by atoms with Crippen LogP contribution in [-0.2, 0) is 10.3 Å². The Labute approximate surface area is 103 Å². The van der Waals surface area contributed by atoms with Gasteiger partial charge in [-0.25, -0.2) is 8.78 Å². The second-order valence-electron chi connectivity index (χ2n) is 4.19. The van der Waals surface area contributed by atoms with Gasteiger partial charge >= 0.3 is 0 Å². The molecule has 92 valence electrons. The maximum absolute atomic E-state index is 13.6.